The average molecular weight is 406 g/mol. The van der Waals surface area contributed by atoms with E-state index in [0.717, 1.165) is 77.8 Å². The van der Waals surface area contributed by atoms with Crippen LogP contribution in [-0.4, -0.2) is 75.1 Å². The Labute approximate surface area is 183 Å². The highest BCUT2D eigenvalue weighted by Gasteiger charge is 2.11. The predicted octanol–water partition coefficient (Wildman–Crippen LogP) is 3.46. The lowest BCUT2D eigenvalue weighted by Gasteiger charge is -2.22. The van der Waals surface area contributed by atoms with E-state index in [4.69, 9.17) is 0 Å². The van der Waals surface area contributed by atoms with E-state index in [9.17, 15) is 0 Å². The Morgan fingerprint density at radius 1 is 0.367 bits per heavy atom. The molecule has 0 saturated carbocycles. The van der Waals surface area contributed by atoms with Gasteiger partial charge in [0.05, 0.1) is 0 Å². The summed E-state index contributed by atoms with van der Waals surface area (Å²) in [6.45, 7) is 6.81. The summed E-state index contributed by atoms with van der Waals surface area (Å²) in [4.78, 5) is 7.54. The third-order valence-electron chi connectivity index (χ3n) is 6.92. The fourth-order valence-corrected chi connectivity index (χ4v) is 4.80. The molecule has 0 unspecified atom stereocenters. The Kier molecular flexibility index (Phi) is 7.24. The SMILES string of the molecule is CN1CCc2cc3cc(c2)CCN(C)CCc2cc(cc(c2)CCN(C)CC3)CC1. The van der Waals surface area contributed by atoms with Gasteiger partial charge in [0.15, 0.2) is 0 Å². The first kappa shape index (κ1) is 21.5. The normalized spacial score (nSPS) is 20.5. The fourth-order valence-electron chi connectivity index (χ4n) is 4.80. The van der Waals surface area contributed by atoms with Crippen LogP contribution < -0.4 is 0 Å². The van der Waals surface area contributed by atoms with E-state index in [-0.39, 0.29) is 0 Å². The smallest absolute Gasteiger partial charge is 0.00189 e. The van der Waals surface area contributed by atoms with Crippen LogP contribution in [-0.2, 0) is 38.5 Å². The molecule has 5 rings (SSSR count). The highest BCUT2D eigenvalue weighted by Crippen LogP contribution is 2.17. The number of hydrogen-bond donors (Lipinski definition) is 0. The lowest BCUT2D eigenvalue weighted by Crippen LogP contribution is -2.26. The zero-order valence-electron chi connectivity index (χ0n) is 19.3. The van der Waals surface area contributed by atoms with Crippen molar-refractivity contribution >= 4 is 0 Å². The molecule has 0 radical (unpaired) electrons. The molecule has 162 valence electrons. The number of rotatable bonds is 0. The summed E-state index contributed by atoms with van der Waals surface area (Å²) in [7, 11) is 6.85. The van der Waals surface area contributed by atoms with Crippen LogP contribution in [0.15, 0.2) is 36.4 Å². The van der Waals surface area contributed by atoms with Crippen molar-refractivity contribution in [3.05, 3.63) is 69.8 Å². The number of benzene rings is 2. The van der Waals surface area contributed by atoms with Crippen molar-refractivity contribution in [3.63, 3.8) is 0 Å². The molecule has 0 aliphatic carbocycles. The summed E-state index contributed by atoms with van der Waals surface area (Å²) >= 11 is 0. The van der Waals surface area contributed by atoms with Crippen LogP contribution in [0.3, 0.4) is 0 Å². The fraction of sp³-hybridized carbons (Fsp3) is 0.556. The second-order valence-corrected chi connectivity index (χ2v) is 9.73. The van der Waals surface area contributed by atoms with Gasteiger partial charge in [-0.3, -0.25) is 0 Å². The van der Waals surface area contributed by atoms with Crippen LogP contribution >= 0.6 is 0 Å². The van der Waals surface area contributed by atoms with Gasteiger partial charge >= 0.3 is 0 Å². The van der Waals surface area contributed by atoms with Gasteiger partial charge in [0.1, 0.15) is 0 Å². The molecule has 0 atom stereocenters. The highest BCUT2D eigenvalue weighted by atomic mass is 15.1. The molecule has 0 saturated heterocycles. The van der Waals surface area contributed by atoms with Crippen molar-refractivity contribution in [2.75, 3.05) is 60.4 Å². The molecule has 6 bridgehead atoms. The van der Waals surface area contributed by atoms with Crippen molar-refractivity contribution in [3.8, 4) is 0 Å². The van der Waals surface area contributed by atoms with Crippen LogP contribution in [0.2, 0.25) is 0 Å². The molecule has 0 fully saturated rings. The Balaban J connectivity index is 1.70. The van der Waals surface area contributed by atoms with Gasteiger partial charge in [-0.2, -0.15) is 0 Å². The van der Waals surface area contributed by atoms with Crippen molar-refractivity contribution in [2.45, 2.75) is 38.5 Å². The molecule has 0 aromatic heterocycles. The minimum Gasteiger partial charge on any atom is -0.306 e. The molecule has 2 aromatic rings. The maximum Gasteiger partial charge on any atom is 0.00189 e. The first-order valence-electron chi connectivity index (χ1n) is 11.8. The number of likely N-dealkylation sites (N-methyl/N-ethyl adjacent to an activating group) is 3. The molecule has 3 heteroatoms. The maximum absolute atomic E-state index is 2.51. The zero-order chi connectivity index (χ0) is 20.9. The van der Waals surface area contributed by atoms with Crippen LogP contribution in [0, 0.1) is 0 Å². The molecule has 3 nitrogen and oxygen atoms in total. The molecule has 3 aliphatic heterocycles. The molecule has 0 N–H and O–H groups in total. The van der Waals surface area contributed by atoms with Gasteiger partial charge in [-0.05, 0) is 93.0 Å². The van der Waals surface area contributed by atoms with Crippen LogP contribution in [0.5, 0.6) is 0 Å². The van der Waals surface area contributed by atoms with Crippen molar-refractivity contribution in [1.82, 2.24) is 14.7 Å². The van der Waals surface area contributed by atoms with Gasteiger partial charge in [0.25, 0.3) is 0 Å². The number of fused-ring (bicyclic) bond motifs is 12. The third-order valence-corrected chi connectivity index (χ3v) is 6.92. The summed E-state index contributed by atoms with van der Waals surface area (Å²) < 4.78 is 0. The first-order chi connectivity index (χ1) is 14.5. The van der Waals surface area contributed by atoms with E-state index in [1.54, 1.807) is 0 Å². The minimum atomic E-state index is 1.13. The molecule has 3 heterocycles. The van der Waals surface area contributed by atoms with E-state index in [1.807, 2.05) is 0 Å². The van der Waals surface area contributed by atoms with Crippen LogP contribution in [0.25, 0.3) is 0 Å². The topological polar surface area (TPSA) is 9.72 Å². The van der Waals surface area contributed by atoms with Crippen molar-refractivity contribution in [2.24, 2.45) is 0 Å². The second-order valence-electron chi connectivity index (χ2n) is 9.73. The summed E-state index contributed by atoms with van der Waals surface area (Å²) in [5.74, 6) is 0. The van der Waals surface area contributed by atoms with Gasteiger partial charge in [-0.15, -0.1) is 0 Å². The first-order valence-corrected chi connectivity index (χ1v) is 11.8. The highest BCUT2D eigenvalue weighted by molar-refractivity contribution is 5.33. The van der Waals surface area contributed by atoms with E-state index < -0.39 is 0 Å². The zero-order valence-corrected chi connectivity index (χ0v) is 19.3. The molecule has 0 amide bonds. The average Bonchev–Trinajstić information content (AvgIpc) is 2.74. The Morgan fingerprint density at radius 2 is 0.533 bits per heavy atom. The number of hydrogen-bond acceptors (Lipinski definition) is 3. The van der Waals surface area contributed by atoms with E-state index in [2.05, 4.69) is 72.2 Å². The van der Waals surface area contributed by atoms with Crippen molar-refractivity contribution in [1.29, 1.82) is 0 Å². The van der Waals surface area contributed by atoms with Gasteiger partial charge < -0.3 is 14.7 Å². The number of nitrogens with zero attached hydrogens (tertiary/aromatic N) is 3. The molecular weight excluding hydrogens is 366 g/mol. The Hall–Kier alpha value is -1.68. The van der Waals surface area contributed by atoms with Gasteiger partial charge in [0.2, 0.25) is 0 Å². The summed E-state index contributed by atoms with van der Waals surface area (Å²) in [6, 6.07) is 14.8. The standard InChI is InChI=1S/C27H39N3/c1-28-10-4-22-16-24-6-12-29(2)13-7-25-17-23(5-11-28)19-27(21-25)9-15-30(3)14-8-26(18-22)20-24/h16-21H,4-15H2,1-3H3. The van der Waals surface area contributed by atoms with E-state index in [1.165, 1.54) is 33.4 Å². The molecule has 0 spiro atoms. The van der Waals surface area contributed by atoms with Gasteiger partial charge in [-0.1, -0.05) is 36.4 Å². The summed E-state index contributed by atoms with van der Waals surface area (Å²) in [6.07, 6.45) is 6.88. The molecule has 30 heavy (non-hydrogen) atoms. The summed E-state index contributed by atoms with van der Waals surface area (Å²) in [5, 5.41) is 0. The second kappa shape index (κ2) is 10.1. The molecule has 3 aliphatic rings. The quantitative estimate of drug-likeness (QED) is 0.665. The Bertz CT molecular complexity index is 642. The van der Waals surface area contributed by atoms with Crippen LogP contribution in [0.4, 0.5) is 0 Å². The maximum atomic E-state index is 2.51. The third kappa shape index (κ3) is 6.16. The van der Waals surface area contributed by atoms with E-state index in [0.29, 0.717) is 0 Å². The van der Waals surface area contributed by atoms with E-state index >= 15 is 0 Å². The largest absolute Gasteiger partial charge is 0.306 e. The summed E-state index contributed by atoms with van der Waals surface area (Å²) in [5.41, 5.74) is 9.10. The van der Waals surface area contributed by atoms with Gasteiger partial charge in [-0.25, -0.2) is 0 Å². The minimum absolute atomic E-state index is 1.13. The lowest BCUT2D eigenvalue weighted by molar-refractivity contribution is 0.336. The lowest BCUT2D eigenvalue weighted by atomic mass is 9.97. The van der Waals surface area contributed by atoms with Gasteiger partial charge in [0, 0.05) is 39.3 Å². The van der Waals surface area contributed by atoms with Crippen LogP contribution in [0.1, 0.15) is 33.4 Å². The monoisotopic (exact) mass is 405 g/mol. The van der Waals surface area contributed by atoms with Crippen molar-refractivity contribution < 1.29 is 0 Å². The molecular formula is C27H39N3. The Morgan fingerprint density at radius 3 is 0.700 bits per heavy atom. The predicted molar refractivity (Wildman–Crippen MR) is 128 cm³/mol. The molecule has 2 aromatic carbocycles.